The van der Waals surface area contributed by atoms with Crippen molar-refractivity contribution in [1.82, 2.24) is 0 Å². The van der Waals surface area contributed by atoms with E-state index in [-0.39, 0.29) is 0 Å². The quantitative estimate of drug-likeness (QED) is 0.562. The van der Waals surface area contributed by atoms with Crippen LogP contribution in [-0.2, 0) is 4.43 Å². The summed E-state index contributed by atoms with van der Waals surface area (Å²) < 4.78 is 6.21. The molecule has 1 nitrogen and oxygen atoms in total. The Morgan fingerprint density at radius 1 is 1.08 bits per heavy atom. The van der Waals surface area contributed by atoms with Gasteiger partial charge in [-0.1, -0.05) is 33.6 Å². The van der Waals surface area contributed by atoms with Crippen LogP contribution in [0.5, 0.6) is 0 Å². The summed E-state index contributed by atoms with van der Waals surface area (Å²) in [7, 11) is -1.33. The van der Waals surface area contributed by atoms with E-state index in [0.29, 0.717) is 6.10 Å². The summed E-state index contributed by atoms with van der Waals surface area (Å²) in [5.41, 5.74) is 0. The fourth-order valence-electron chi connectivity index (χ4n) is 1.87. The molecular weight excluding hydrogens is 176 g/mol. The van der Waals surface area contributed by atoms with Crippen LogP contribution in [0.25, 0.3) is 0 Å². The molecule has 0 aliphatic heterocycles. The maximum atomic E-state index is 6.21. The Kier molecular flexibility index (Phi) is 6.69. The molecule has 0 aromatic rings. The molecular formula is C11H26OSi. The molecule has 0 spiro atoms. The average Bonchev–Trinajstić information content (AvgIpc) is 2.04. The van der Waals surface area contributed by atoms with E-state index in [4.69, 9.17) is 4.43 Å². The Labute approximate surface area is 85.0 Å². The van der Waals surface area contributed by atoms with Crippen molar-refractivity contribution in [3.8, 4) is 0 Å². The topological polar surface area (TPSA) is 9.23 Å². The van der Waals surface area contributed by atoms with E-state index in [2.05, 4.69) is 34.2 Å². The summed E-state index contributed by atoms with van der Waals surface area (Å²) in [6.45, 7) is 11.3. The van der Waals surface area contributed by atoms with Crippen molar-refractivity contribution in [2.45, 2.75) is 71.7 Å². The normalized spacial score (nSPS) is 14.5. The van der Waals surface area contributed by atoms with Crippen LogP contribution < -0.4 is 0 Å². The highest BCUT2D eigenvalue weighted by molar-refractivity contribution is 6.72. The van der Waals surface area contributed by atoms with Gasteiger partial charge in [0.2, 0.25) is 0 Å². The molecule has 2 heteroatoms. The van der Waals surface area contributed by atoms with Crippen molar-refractivity contribution in [3.05, 3.63) is 0 Å². The van der Waals surface area contributed by atoms with Crippen molar-refractivity contribution < 1.29 is 4.43 Å². The fourth-order valence-corrected chi connectivity index (χ4v) is 5.61. The molecule has 1 atom stereocenters. The molecule has 0 bridgehead atoms. The minimum absolute atomic E-state index is 0.467. The van der Waals surface area contributed by atoms with Gasteiger partial charge in [-0.25, -0.2) is 0 Å². The van der Waals surface area contributed by atoms with Crippen LogP contribution in [0.1, 0.15) is 47.0 Å². The fraction of sp³-hybridized carbons (Fsp3) is 1.00. The maximum Gasteiger partial charge on any atom is 0.190 e. The van der Waals surface area contributed by atoms with Crippen LogP contribution in [0, 0.1) is 0 Å². The largest absolute Gasteiger partial charge is 0.414 e. The average molecular weight is 202 g/mol. The van der Waals surface area contributed by atoms with Gasteiger partial charge in [0.1, 0.15) is 0 Å². The highest BCUT2D eigenvalue weighted by Gasteiger charge is 2.28. The minimum Gasteiger partial charge on any atom is -0.414 e. The molecule has 0 N–H and O–H groups in total. The van der Waals surface area contributed by atoms with Crippen molar-refractivity contribution in [3.63, 3.8) is 0 Å². The van der Waals surface area contributed by atoms with Crippen molar-refractivity contribution in [2.24, 2.45) is 0 Å². The Hall–Kier alpha value is 0.177. The SMILES string of the molecule is CCC[Si](C)(CCC)OC(C)CC. The second-order valence-corrected chi connectivity index (χ2v) is 8.42. The maximum absolute atomic E-state index is 6.21. The number of rotatable bonds is 7. The molecule has 80 valence electrons. The third kappa shape index (κ3) is 5.48. The Morgan fingerprint density at radius 3 is 1.85 bits per heavy atom. The molecule has 0 aromatic heterocycles. The lowest BCUT2D eigenvalue weighted by Gasteiger charge is -2.30. The van der Waals surface area contributed by atoms with E-state index in [1.165, 1.54) is 24.9 Å². The molecule has 0 heterocycles. The molecule has 0 radical (unpaired) electrons. The van der Waals surface area contributed by atoms with Crippen LogP contribution in [0.2, 0.25) is 18.6 Å². The lowest BCUT2D eigenvalue weighted by atomic mass is 10.3. The molecule has 0 saturated carbocycles. The lowest BCUT2D eigenvalue weighted by molar-refractivity contribution is 0.203. The zero-order valence-corrected chi connectivity index (χ0v) is 11.0. The monoisotopic (exact) mass is 202 g/mol. The molecule has 0 aliphatic carbocycles. The van der Waals surface area contributed by atoms with E-state index in [0.717, 1.165) is 6.42 Å². The summed E-state index contributed by atoms with van der Waals surface area (Å²) in [5, 5.41) is 0. The summed E-state index contributed by atoms with van der Waals surface area (Å²) >= 11 is 0. The van der Waals surface area contributed by atoms with Crippen LogP contribution in [0.15, 0.2) is 0 Å². The van der Waals surface area contributed by atoms with Crippen molar-refractivity contribution in [1.29, 1.82) is 0 Å². The third-order valence-electron chi connectivity index (χ3n) is 2.62. The van der Waals surface area contributed by atoms with E-state index in [1.807, 2.05) is 0 Å². The Balaban J connectivity index is 4.05. The molecule has 1 unspecified atom stereocenters. The van der Waals surface area contributed by atoms with E-state index < -0.39 is 8.32 Å². The van der Waals surface area contributed by atoms with Gasteiger partial charge in [-0.05, 0) is 32.0 Å². The summed E-state index contributed by atoms with van der Waals surface area (Å²) in [6.07, 6.45) is 4.17. The van der Waals surface area contributed by atoms with Crippen LogP contribution in [0.3, 0.4) is 0 Å². The smallest absolute Gasteiger partial charge is 0.190 e. The van der Waals surface area contributed by atoms with Crippen LogP contribution in [0.4, 0.5) is 0 Å². The van der Waals surface area contributed by atoms with Crippen molar-refractivity contribution in [2.75, 3.05) is 0 Å². The Bertz CT molecular complexity index is 119. The van der Waals surface area contributed by atoms with Gasteiger partial charge in [-0.15, -0.1) is 0 Å². The third-order valence-corrected chi connectivity index (χ3v) is 6.71. The Morgan fingerprint density at radius 2 is 1.54 bits per heavy atom. The lowest BCUT2D eigenvalue weighted by Crippen LogP contribution is -2.37. The predicted molar refractivity (Wildman–Crippen MR) is 62.7 cm³/mol. The van der Waals surface area contributed by atoms with Gasteiger partial charge >= 0.3 is 0 Å². The summed E-state index contributed by atoms with van der Waals surface area (Å²) in [5.74, 6) is 0. The first-order valence-corrected chi connectivity index (χ1v) is 8.58. The zero-order valence-electron chi connectivity index (χ0n) is 10.0. The van der Waals surface area contributed by atoms with Gasteiger partial charge < -0.3 is 4.43 Å². The molecule has 0 aliphatic rings. The van der Waals surface area contributed by atoms with Crippen LogP contribution in [-0.4, -0.2) is 14.4 Å². The second-order valence-electron chi connectivity index (χ2n) is 4.29. The van der Waals surface area contributed by atoms with Gasteiger partial charge in [0.25, 0.3) is 0 Å². The van der Waals surface area contributed by atoms with E-state index in [9.17, 15) is 0 Å². The molecule has 0 saturated heterocycles. The summed E-state index contributed by atoms with van der Waals surface area (Å²) in [6, 6.07) is 2.65. The van der Waals surface area contributed by atoms with Gasteiger partial charge in [-0.3, -0.25) is 0 Å². The van der Waals surface area contributed by atoms with Gasteiger partial charge in [0, 0.05) is 6.10 Å². The van der Waals surface area contributed by atoms with Gasteiger partial charge in [-0.2, -0.15) is 0 Å². The molecule has 0 amide bonds. The second kappa shape index (κ2) is 6.60. The predicted octanol–water partition coefficient (Wildman–Crippen LogP) is 4.20. The van der Waals surface area contributed by atoms with E-state index in [1.54, 1.807) is 0 Å². The first kappa shape index (κ1) is 13.2. The first-order valence-electron chi connectivity index (χ1n) is 5.75. The minimum atomic E-state index is -1.33. The molecule has 0 rings (SSSR count). The first-order chi connectivity index (χ1) is 6.08. The molecule has 0 fully saturated rings. The van der Waals surface area contributed by atoms with Gasteiger partial charge in [0.05, 0.1) is 0 Å². The number of hydrogen-bond acceptors (Lipinski definition) is 1. The zero-order chi connectivity index (χ0) is 10.3. The summed E-state index contributed by atoms with van der Waals surface area (Å²) in [4.78, 5) is 0. The molecule has 0 aromatic carbocycles. The van der Waals surface area contributed by atoms with Crippen molar-refractivity contribution >= 4 is 8.32 Å². The highest BCUT2D eigenvalue weighted by atomic mass is 28.4. The standard InChI is InChI=1S/C11H26OSi/c1-6-9-13(5,10-7-2)12-11(4)8-3/h11H,6-10H2,1-5H3. The molecule has 13 heavy (non-hydrogen) atoms. The van der Waals surface area contributed by atoms with E-state index >= 15 is 0 Å². The van der Waals surface area contributed by atoms with Gasteiger partial charge in [0.15, 0.2) is 8.32 Å². The highest BCUT2D eigenvalue weighted by Crippen LogP contribution is 2.23. The van der Waals surface area contributed by atoms with Crippen LogP contribution >= 0.6 is 0 Å². The number of hydrogen-bond donors (Lipinski definition) is 0.